The van der Waals surface area contributed by atoms with Crippen molar-refractivity contribution < 1.29 is 18.7 Å². The molecule has 2 unspecified atom stereocenters. The first-order valence-corrected chi connectivity index (χ1v) is 7.22. The zero-order chi connectivity index (χ0) is 14.7. The number of hydrogen-bond donors (Lipinski definition) is 1. The molecule has 0 saturated carbocycles. The number of amides is 1. The molecule has 1 aromatic rings. The van der Waals surface area contributed by atoms with Crippen molar-refractivity contribution in [1.29, 1.82) is 0 Å². The summed E-state index contributed by atoms with van der Waals surface area (Å²) in [5, 5.41) is 3.15. The van der Waals surface area contributed by atoms with E-state index in [0.29, 0.717) is 32.8 Å². The minimum atomic E-state index is -0.426. The third-order valence-corrected chi connectivity index (χ3v) is 3.80. The highest BCUT2D eigenvalue weighted by molar-refractivity contribution is 5.85. The molecule has 1 aromatic carbocycles. The van der Waals surface area contributed by atoms with Gasteiger partial charge < -0.3 is 19.7 Å². The monoisotopic (exact) mass is 330 g/mol. The van der Waals surface area contributed by atoms with Gasteiger partial charge in [-0.1, -0.05) is 12.1 Å². The number of morpholine rings is 2. The Bertz CT molecular complexity index is 511. The van der Waals surface area contributed by atoms with Crippen LogP contribution >= 0.6 is 12.4 Å². The lowest BCUT2D eigenvalue weighted by Gasteiger charge is -2.36. The fourth-order valence-corrected chi connectivity index (χ4v) is 2.69. The highest BCUT2D eigenvalue weighted by Crippen LogP contribution is 2.23. The molecule has 0 aliphatic carbocycles. The lowest BCUT2D eigenvalue weighted by molar-refractivity contribution is -0.152. The summed E-state index contributed by atoms with van der Waals surface area (Å²) in [7, 11) is 0. The number of nitrogens with zero attached hydrogens (tertiary/aromatic N) is 1. The highest BCUT2D eigenvalue weighted by atomic mass is 35.5. The molecule has 0 spiro atoms. The lowest BCUT2D eigenvalue weighted by atomic mass is 10.1. The van der Waals surface area contributed by atoms with E-state index in [0.717, 1.165) is 12.1 Å². The van der Waals surface area contributed by atoms with Crippen molar-refractivity contribution in [3.8, 4) is 0 Å². The lowest BCUT2D eigenvalue weighted by Crippen LogP contribution is -2.52. The van der Waals surface area contributed by atoms with Crippen LogP contribution in [-0.4, -0.2) is 56.3 Å². The van der Waals surface area contributed by atoms with Gasteiger partial charge in [0.25, 0.3) is 5.91 Å². The predicted molar refractivity (Wildman–Crippen MR) is 81.5 cm³/mol. The van der Waals surface area contributed by atoms with E-state index in [1.54, 1.807) is 11.0 Å². The fourth-order valence-electron chi connectivity index (χ4n) is 2.69. The SMILES string of the molecule is Cl.O=C(C1CNCCO1)N1CCOC(c2cccc(F)c2)C1. The van der Waals surface area contributed by atoms with Crippen LogP contribution in [0.15, 0.2) is 24.3 Å². The summed E-state index contributed by atoms with van der Waals surface area (Å²) < 4.78 is 24.5. The van der Waals surface area contributed by atoms with Crippen LogP contribution in [0.5, 0.6) is 0 Å². The Morgan fingerprint density at radius 3 is 2.91 bits per heavy atom. The van der Waals surface area contributed by atoms with Crippen molar-refractivity contribution in [2.24, 2.45) is 0 Å². The van der Waals surface area contributed by atoms with Crippen molar-refractivity contribution >= 4 is 18.3 Å². The topological polar surface area (TPSA) is 50.8 Å². The molecule has 0 aromatic heterocycles. The minimum Gasteiger partial charge on any atom is -0.370 e. The first-order chi connectivity index (χ1) is 10.2. The number of carbonyl (C=O) groups is 1. The molecule has 2 fully saturated rings. The number of ether oxygens (including phenoxy) is 2. The summed E-state index contributed by atoms with van der Waals surface area (Å²) >= 11 is 0. The van der Waals surface area contributed by atoms with Gasteiger partial charge in [-0.25, -0.2) is 4.39 Å². The van der Waals surface area contributed by atoms with E-state index >= 15 is 0 Å². The second kappa shape index (κ2) is 7.87. The van der Waals surface area contributed by atoms with Crippen LogP contribution in [0.25, 0.3) is 0 Å². The summed E-state index contributed by atoms with van der Waals surface area (Å²) in [5.41, 5.74) is 0.759. The average Bonchev–Trinajstić information content (AvgIpc) is 2.55. The van der Waals surface area contributed by atoms with Gasteiger partial charge in [0.2, 0.25) is 0 Å². The second-order valence-electron chi connectivity index (χ2n) is 5.26. The van der Waals surface area contributed by atoms with Gasteiger partial charge in [0.1, 0.15) is 18.0 Å². The van der Waals surface area contributed by atoms with Crippen molar-refractivity contribution in [1.82, 2.24) is 10.2 Å². The average molecular weight is 331 g/mol. The van der Waals surface area contributed by atoms with Gasteiger partial charge in [0.15, 0.2) is 0 Å². The molecule has 3 rings (SSSR count). The van der Waals surface area contributed by atoms with Crippen molar-refractivity contribution in [3.05, 3.63) is 35.6 Å². The first kappa shape index (κ1) is 17.1. The molecule has 22 heavy (non-hydrogen) atoms. The van der Waals surface area contributed by atoms with Gasteiger partial charge in [-0.05, 0) is 17.7 Å². The largest absolute Gasteiger partial charge is 0.370 e. The summed E-state index contributed by atoms with van der Waals surface area (Å²) in [5.74, 6) is -0.314. The molecule has 5 nitrogen and oxygen atoms in total. The third kappa shape index (κ3) is 3.95. The Balaban J connectivity index is 0.00000176. The molecule has 0 bridgehead atoms. The van der Waals surface area contributed by atoms with E-state index in [4.69, 9.17) is 9.47 Å². The van der Waals surface area contributed by atoms with Gasteiger partial charge in [-0.3, -0.25) is 4.79 Å². The molecule has 2 atom stereocenters. The molecule has 122 valence electrons. The number of halogens is 2. The molecule has 1 N–H and O–H groups in total. The van der Waals surface area contributed by atoms with Gasteiger partial charge in [-0.15, -0.1) is 12.4 Å². The number of hydrogen-bond acceptors (Lipinski definition) is 4. The molecule has 7 heteroatoms. The number of rotatable bonds is 2. The number of benzene rings is 1. The number of nitrogens with one attached hydrogen (secondary N) is 1. The van der Waals surface area contributed by atoms with Crippen LogP contribution < -0.4 is 5.32 Å². The molecular weight excluding hydrogens is 311 g/mol. The molecule has 2 saturated heterocycles. The second-order valence-corrected chi connectivity index (χ2v) is 5.26. The van der Waals surface area contributed by atoms with E-state index in [-0.39, 0.29) is 30.2 Å². The maximum absolute atomic E-state index is 13.3. The van der Waals surface area contributed by atoms with Crippen LogP contribution in [0.1, 0.15) is 11.7 Å². The molecule has 0 radical (unpaired) electrons. The third-order valence-electron chi connectivity index (χ3n) is 3.80. The highest BCUT2D eigenvalue weighted by Gasteiger charge is 2.31. The van der Waals surface area contributed by atoms with E-state index in [1.165, 1.54) is 12.1 Å². The molecule has 2 aliphatic rings. The molecule has 2 aliphatic heterocycles. The van der Waals surface area contributed by atoms with Gasteiger partial charge >= 0.3 is 0 Å². The zero-order valence-corrected chi connectivity index (χ0v) is 13.0. The van der Waals surface area contributed by atoms with Gasteiger partial charge in [0.05, 0.1) is 19.8 Å². The van der Waals surface area contributed by atoms with Crippen LogP contribution in [0.3, 0.4) is 0 Å². The summed E-state index contributed by atoms with van der Waals surface area (Å²) in [4.78, 5) is 14.2. The Hall–Kier alpha value is -1.21. The van der Waals surface area contributed by atoms with Crippen molar-refractivity contribution in [2.75, 3.05) is 39.4 Å². The van der Waals surface area contributed by atoms with Crippen molar-refractivity contribution in [2.45, 2.75) is 12.2 Å². The molecule has 2 heterocycles. The Kier molecular flexibility index (Phi) is 6.14. The van der Waals surface area contributed by atoms with E-state index in [1.807, 2.05) is 6.07 Å². The molecular formula is C15H20ClFN2O3. The maximum atomic E-state index is 13.3. The Morgan fingerprint density at radius 2 is 2.18 bits per heavy atom. The number of carbonyl (C=O) groups excluding carboxylic acids is 1. The normalized spacial score (nSPS) is 25.4. The smallest absolute Gasteiger partial charge is 0.253 e. The fraction of sp³-hybridized carbons (Fsp3) is 0.533. The van der Waals surface area contributed by atoms with Crippen LogP contribution in [0.4, 0.5) is 4.39 Å². The van der Waals surface area contributed by atoms with Crippen molar-refractivity contribution in [3.63, 3.8) is 0 Å². The minimum absolute atomic E-state index is 0. The summed E-state index contributed by atoms with van der Waals surface area (Å²) in [6.45, 7) is 3.30. The van der Waals surface area contributed by atoms with E-state index in [9.17, 15) is 9.18 Å². The Morgan fingerprint density at radius 1 is 1.32 bits per heavy atom. The van der Waals surface area contributed by atoms with Gasteiger partial charge in [0, 0.05) is 19.6 Å². The van der Waals surface area contributed by atoms with Crippen LogP contribution in [0.2, 0.25) is 0 Å². The van der Waals surface area contributed by atoms with Crippen LogP contribution in [-0.2, 0) is 14.3 Å². The van der Waals surface area contributed by atoms with Gasteiger partial charge in [-0.2, -0.15) is 0 Å². The van der Waals surface area contributed by atoms with Crippen LogP contribution in [0, 0.1) is 5.82 Å². The summed E-state index contributed by atoms with van der Waals surface area (Å²) in [6.07, 6.45) is -0.708. The maximum Gasteiger partial charge on any atom is 0.253 e. The summed E-state index contributed by atoms with van der Waals surface area (Å²) in [6, 6.07) is 6.33. The predicted octanol–water partition coefficient (Wildman–Crippen LogP) is 1.14. The first-order valence-electron chi connectivity index (χ1n) is 7.22. The molecule has 1 amide bonds. The van der Waals surface area contributed by atoms with E-state index in [2.05, 4.69) is 5.32 Å². The zero-order valence-electron chi connectivity index (χ0n) is 12.2. The van der Waals surface area contributed by atoms with E-state index < -0.39 is 6.10 Å². The standard InChI is InChI=1S/C15H19FN2O3.ClH/c16-12-3-1-2-11(8-12)14-10-18(5-7-21-14)15(19)13-9-17-4-6-20-13;/h1-3,8,13-14,17H,4-7,9-10H2;1H. The quantitative estimate of drug-likeness (QED) is 0.883. The Labute approximate surface area is 135 Å².